The maximum atomic E-state index is 14.8. The van der Waals surface area contributed by atoms with Crippen molar-refractivity contribution in [3.8, 4) is 0 Å². The van der Waals surface area contributed by atoms with Crippen LogP contribution in [0.3, 0.4) is 0 Å². The highest BCUT2D eigenvalue weighted by atomic mass is 32.2. The predicted octanol–water partition coefficient (Wildman–Crippen LogP) is 1.31. The van der Waals surface area contributed by atoms with E-state index in [4.69, 9.17) is 4.74 Å². The Bertz CT molecular complexity index is 1370. The summed E-state index contributed by atoms with van der Waals surface area (Å²) in [4.78, 5) is 32.2. The molecule has 2 aromatic carbocycles. The van der Waals surface area contributed by atoms with Gasteiger partial charge in [0.15, 0.2) is 0 Å². The average Bonchev–Trinajstić information content (AvgIpc) is 3.05. The van der Waals surface area contributed by atoms with E-state index in [2.05, 4.69) is 15.6 Å². The zero-order valence-corrected chi connectivity index (χ0v) is 22.4. The van der Waals surface area contributed by atoms with Gasteiger partial charge in [-0.15, -0.1) is 0 Å². The number of morpholine rings is 1. The van der Waals surface area contributed by atoms with Crippen molar-refractivity contribution in [2.45, 2.75) is 25.0 Å². The van der Waals surface area contributed by atoms with Gasteiger partial charge in [-0.1, -0.05) is 30.3 Å². The zero-order valence-electron chi connectivity index (χ0n) is 21.5. The van der Waals surface area contributed by atoms with Crippen molar-refractivity contribution in [3.63, 3.8) is 0 Å². The molecular weight excluding hydrogens is 527 g/mol. The number of urea groups is 1. The monoisotopic (exact) mass is 558 g/mol. The standard InChI is InChI=1S/C26H31FN6O5S/c1-31-22-9-5-3-7-20(22)23(19-6-2-4-8-21(19)27)29-24(25(31)34)30-26(35)28-18-10-12-32(13-11-18)39(36,37)33-14-16-38-17-15-33/h2-9,18,24H,10-17H2,1H3,(H2,28,30,35). The number of nitrogens with zero attached hydrogens (tertiary/aromatic N) is 4. The molecule has 5 rings (SSSR count). The Morgan fingerprint density at radius 1 is 0.949 bits per heavy atom. The SMILES string of the molecule is CN1C(=O)C(NC(=O)NC2CCN(S(=O)(=O)N3CCOCC3)CC2)N=C(c2ccccc2F)c2ccccc21. The van der Waals surface area contributed by atoms with E-state index in [9.17, 15) is 22.4 Å². The number of halogens is 1. The minimum atomic E-state index is -3.58. The number of amides is 3. The molecule has 3 heterocycles. The third-order valence-corrected chi connectivity index (χ3v) is 9.19. The molecule has 0 aromatic heterocycles. The summed E-state index contributed by atoms with van der Waals surface area (Å²) >= 11 is 0. The van der Waals surface area contributed by atoms with Crippen LogP contribution in [0.2, 0.25) is 0 Å². The maximum absolute atomic E-state index is 14.8. The number of piperidine rings is 1. The van der Waals surface area contributed by atoms with Crippen molar-refractivity contribution in [1.82, 2.24) is 19.2 Å². The van der Waals surface area contributed by atoms with Gasteiger partial charge in [0.25, 0.3) is 16.1 Å². The Morgan fingerprint density at radius 2 is 1.56 bits per heavy atom. The number of benzodiazepines with no additional fused rings is 1. The lowest BCUT2D eigenvalue weighted by Gasteiger charge is -2.36. The van der Waals surface area contributed by atoms with Gasteiger partial charge in [-0.2, -0.15) is 17.0 Å². The summed E-state index contributed by atoms with van der Waals surface area (Å²) in [6.45, 7) is 1.93. The molecular formula is C26H31FN6O5S. The lowest BCUT2D eigenvalue weighted by Crippen LogP contribution is -2.55. The van der Waals surface area contributed by atoms with Gasteiger partial charge < -0.3 is 20.3 Å². The third-order valence-electron chi connectivity index (χ3n) is 7.15. The first-order chi connectivity index (χ1) is 18.8. The van der Waals surface area contributed by atoms with E-state index in [1.165, 1.54) is 19.6 Å². The second-order valence-corrected chi connectivity index (χ2v) is 11.5. The van der Waals surface area contributed by atoms with Gasteiger partial charge in [-0.3, -0.25) is 4.79 Å². The number of benzene rings is 2. The van der Waals surface area contributed by atoms with Crippen molar-refractivity contribution in [2.75, 3.05) is 51.3 Å². The molecule has 2 fully saturated rings. The van der Waals surface area contributed by atoms with E-state index in [0.717, 1.165) is 0 Å². The van der Waals surface area contributed by atoms with Crippen LogP contribution < -0.4 is 15.5 Å². The number of nitrogens with one attached hydrogen (secondary N) is 2. The molecule has 1 unspecified atom stereocenters. The van der Waals surface area contributed by atoms with Gasteiger partial charge in [-0.25, -0.2) is 14.2 Å². The van der Waals surface area contributed by atoms with Crippen molar-refractivity contribution in [2.24, 2.45) is 4.99 Å². The molecule has 3 aliphatic heterocycles. The minimum absolute atomic E-state index is 0.217. The Kier molecular flexibility index (Phi) is 7.93. The second kappa shape index (κ2) is 11.4. The summed E-state index contributed by atoms with van der Waals surface area (Å²) < 4.78 is 48.7. The summed E-state index contributed by atoms with van der Waals surface area (Å²) in [5.74, 6) is -0.972. The lowest BCUT2D eigenvalue weighted by atomic mass is 10.00. The third kappa shape index (κ3) is 5.66. The highest BCUT2D eigenvalue weighted by molar-refractivity contribution is 7.86. The first-order valence-corrected chi connectivity index (χ1v) is 14.2. The van der Waals surface area contributed by atoms with Crippen molar-refractivity contribution >= 4 is 33.5 Å². The Morgan fingerprint density at radius 3 is 2.26 bits per heavy atom. The number of aliphatic imine (C=N–C) groups is 1. The zero-order chi connectivity index (χ0) is 27.6. The van der Waals surface area contributed by atoms with Crippen molar-refractivity contribution in [3.05, 3.63) is 65.5 Å². The number of likely N-dealkylation sites (N-methyl/N-ethyl adjacent to an activating group) is 1. The van der Waals surface area contributed by atoms with Crippen LogP contribution in [0.15, 0.2) is 53.5 Å². The van der Waals surface area contributed by atoms with Gasteiger partial charge in [-0.05, 0) is 31.0 Å². The molecule has 2 saturated heterocycles. The molecule has 2 aromatic rings. The van der Waals surface area contributed by atoms with Crippen molar-refractivity contribution < 1.29 is 27.1 Å². The number of carbonyl (C=O) groups is 2. The van der Waals surface area contributed by atoms with E-state index in [1.54, 1.807) is 49.5 Å². The number of carbonyl (C=O) groups excluding carboxylic acids is 2. The number of para-hydroxylation sites is 1. The predicted molar refractivity (Wildman–Crippen MR) is 143 cm³/mol. The summed E-state index contributed by atoms with van der Waals surface area (Å²) in [5, 5.41) is 5.47. The normalized spacial score (nSPS) is 21.6. The van der Waals surface area contributed by atoms with Crippen LogP contribution in [-0.4, -0.2) is 93.3 Å². The summed E-state index contributed by atoms with van der Waals surface area (Å²) in [6, 6.07) is 12.3. The van der Waals surface area contributed by atoms with E-state index in [-0.39, 0.29) is 30.4 Å². The molecule has 1 atom stereocenters. The number of hydrogen-bond acceptors (Lipinski definition) is 6. The maximum Gasteiger partial charge on any atom is 0.317 e. The molecule has 208 valence electrons. The highest BCUT2D eigenvalue weighted by Crippen LogP contribution is 2.28. The number of anilines is 1. The Hall–Kier alpha value is -3.39. The van der Waals surface area contributed by atoms with Crippen LogP contribution in [0.1, 0.15) is 24.0 Å². The van der Waals surface area contributed by atoms with Crippen LogP contribution in [0.25, 0.3) is 0 Å². The number of fused-ring (bicyclic) bond motifs is 1. The molecule has 0 spiro atoms. The molecule has 0 saturated carbocycles. The van der Waals surface area contributed by atoms with E-state index >= 15 is 0 Å². The number of hydrogen-bond donors (Lipinski definition) is 2. The Labute approximate surface area is 226 Å². The molecule has 2 N–H and O–H groups in total. The topological polar surface area (TPSA) is 124 Å². The molecule has 0 bridgehead atoms. The molecule has 3 amide bonds. The van der Waals surface area contributed by atoms with Gasteiger partial charge >= 0.3 is 6.03 Å². The van der Waals surface area contributed by atoms with Crippen molar-refractivity contribution in [1.29, 1.82) is 0 Å². The Balaban J connectivity index is 1.28. The molecule has 3 aliphatic rings. The quantitative estimate of drug-likeness (QED) is 0.573. The first-order valence-electron chi connectivity index (χ1n) is 12.9. The lowest BCUT2D eigenvalue weighted by molar-refractivity contribution is -0.119. The minimum Gasteiger partial charge on any atom is -0.379 e. The van der Waals surface area contributed by atoms with Gasteiger partial charge in [0.1, 0.15) is 5.82 Å². The van der Waals surface area contributed by atoms with Crippen LogP contribution in [0, 0.1) is 5.82 Å². The summed E-state index contributed by atoms with van der Waals surface area (Å²) in [7, 11) is -2.00. The van der Waals surface area contributed by atoms with Crippen LogP contribution in [0.5, 0.6) is 0 Å². The summed E-state index contributed by atoms with van der Waals surface area (Å²) in [5.41, 5.74) is 1.59. The van der Waals surface area contributed by atoms with E-state index in [1.807, 2.05) is 0 Å². The first kappa shape index (κ1) is 27.2. The molecule has 39 heavy (non-hydrogen) atoms. The number of rotatable bonds is 5. The molecule has 13 heteroatoms. The fourth-order valence-corrected chi connectivity index (χ4v) is 6.62. The van der Waals surface area contributed by atoms with Crippen LogP contribution in [0.4, 0.5) is 14.9 Å². The summed E-state index contributed by atoms with van der Waals surface area (Å²) in [6.07, 6.45) is -0.450. The van der Waals surface area contributed by atoms with E-state index in [0.29, 0.717) is 50.4 Å². The second-order valence-electron chi connectivity index (χ2n) is 9.58. The van der Waals surface area contributed by atoms with Crippen LogP contribution in [-0.2, 0) is 19.7 Å². The van der Waals surface area contributed by atoms with Gasteiger partial charge in [0.2, 0.25) is 6.17 Å². The van der Waals surface area contributed by atoms with E-state index < -0.39 is 34.1 Å². The fourth-order valence-electron chi connectivity index (χ4n) is 5.01. The highest BCUT2D eigenvalue weighted by Gasteiger charge is 2.35. The fraction of sp³-hybridized carbons (Fsp3) is 0.423. The smallest absolute Gasteiger partial charge is 0.317 e. The number of ether oxygens (including phenoxy) is 1. The molecule has 0 aliphatic carbocycles. The van der Waals surface area contributed by atoms with Crippen LogP contribution >= 0.6 is 0 Å². The average molecular weight is 559 g/mol. The largest absolute Gasteiger partial charge is 0.379 e. The van der Waals surface area contributed by atoms with Gasteiger partial charge in [0, 0.05) is 50.4 Å². The van der Waals surface area contributed by atoms with Gasteiger partial charge in [0.05, 0.1) is 24.6 Å². The molecule has 0 radical (unpaired) electrons. The molecule has 11 nitrogen and oxygen atoms in total.